The van der Waals surface area contributed by atoms with Crippen LogP contribution in [0.25, 0.3) is 32.9 Å². The molecule has 2 saturated heterocycles. The highest BCUT2D eigenvalue weighted by Crippen LogP contribution is 2.40. The SMILES string of the molecule is NCC1(O)CCC(Nc2nc(OCC34CCCN3CCC4)nc3c(F)c(-c4cc(O)cc5ccccc45)ncc23)CC1. The van der Waals surface area contributed by atoms with Gasteiger partial charge in [-0.1, -0.05) is 24.3 Å². The van der Waals surface area contributed by atoms with Crippen LogP contribution in [0.2, 0.25) is 0 Å². The second-order valence-electron chi connectivity index (χ2n) is 12.3. The topological polar surface area (TPSA) is 130 Å². The fraction of sp³-hybridized carbons (Fsp3) is 0.469. The number of halogens is 1. The van der Waals surface area contributed by atoms with Crippen LogP contribution in [0.5, 0.6) is 11.8 Å². The van der Waals surface area contributed by atoms with Crippen molar-refractivity contribution in [1.82, 2.24) is 19.9 Å². The fourth-order valence-corrected chi connectivity index (χ4v) is 7.25. The third-order valence-electron chi connectivity index (χ3n) is 9.68. The van der Waals surface area contributed by atoms with Crippen LogP contribution in [0.3, 0.4) is 0 Å². The highest BCUT2D eigenvalue weighted by molar-refractivity contribution is 5.99. The summed E-state index contributed by atoms with van der Waals surface area (Å²) >= 11 is 0. The number of hydrogen-bond donors (Lipinski definition) is 4. The van der Waals surface area contributed by atoms with Crippen molar-refractivity contribution in [2.75, 3.05) is 31.6 Å². The van der Waals surface area contributed by atoms with Gasteiger partial charge in [-0.25, -0.2) is 4.39 Å². The Kier molecular flexibility index (Phi) is 6.87. The molecule has 4 heterocycles. The number of phenols is 1. The van der Waals surface area contributed by atoms with Crippen molar-refractivity contribution in [3.05, 3.63) is 48.4 Å². The Balaban J connectivity index is 1.29. The van der Waals surface area contributed by atoms with Crippen molar-refractivity contribution in [2.45, 2.75) is 68.5 Å². The van der Waals surface area contributed by atoms with E-state index in [4.69, 9.17) is 15.5 Å². The summed E-state index contributed by atoms with van der Waals surface area (Å²) in [6.45, 7) is 2.84. The van der Waals surface area contributed by atoms with Crippen molar-refractivity contribution < 1.29 is 19.3 Å². The molecule has 3 fully saturated rings. The number of rotatable bonds is 7. The van der Waals surface area contributed by atoms with Gasteiger partial charge in [-0.3, -0.25) is 9.88 Å². The molecule has 42 heavy (non-hydrogen) atoms. The van der Waals surface area contributed by atoms with Crippen molar-refractivity contribution in [1.29, 1.82) is 0 Å². The first-order valence-corrected chi connectivity index (χ1v) is 15.0. The monoisotopic (exact) mass is 572 g/mol. The van der Waals surface area contributed by atoms with Gasteiger partial charge in [0, 0.05) is 24.3 Å². The third kappa shape index (κ3) is 4.81. The molecule has 0 radical (unpaired) electrons. The number of fused-ring (bicyclic) bond motifs is 3. The number of nitrogens with two attached hydrogens (primary N) is 1. The van der Waals surface area contributed by atoms with Gasteiger partial charge in [-0.15, -0.1) is 0 Å². The normalized spacial score (nSPS) is 23.8. The van der Waals surface area contributed by atoms with E-state index in [0.717, 1.165) is 49.5 Å². The maximum Gasteiger partial charge on any atom is 0.319 e. The first kappa shape index (κ1) is 27.2. The van der Waals surface area contributed by atoms with Crippen molar-refractivity contribution in [3.63, 3.8) is 0 Å². The van der Waals surface area contributed by atoms with Crippen LogP contribution in [0.1, 0.15) is 51.4 Å². The summed E-state index contributed by atoms with van der Waals surface area (Å²) in [4.78, 5) is 16.4. The Labute approximate surface area is 243 Å². The summed E-state index contributed by atoms with van der Waals surface area (Å²) in [5.74, 6) is -0.101. The van der Waals surface area contributed by atoms with Gasteiger partial charge in [0.25, 0.3) is 0 Å². The Morgan fingerprint density at radius 3 is 2.57 bits per heavy atom. The summed E-state index contributed by atoms with van der Waals surface area (Å²) < 4.78 is 22.8. The van der Waals surface area contributed by atoms with Gasteiger partial charge in [-0.2, -0.15) is 9.97 Å². The standard InChI is InChI=1S/C32H37FN6O3/c33-26-27(24-16-22(40)15-20-5-1-2-6-23(20)24)35-17-25-28(26)37-30(42-19-31-9-3-13-39(31)14-4-10-31)38-29(25)36-21-7-11-32(41,18-34)12-8-21/h1-2,5-6,15-17,21,40-41H,3-4,7-14,18-19,34H2,(H,36,37,38). The number of anilines is 1. The molecule has 220 valence electrons. The van der Waals surface area contributed by atoms with Crippen LogP contribution in [-0.4, -0.2) is 73.5 Å². The van der Waals surface area contributed by atoms with Crippen molar-refractivity contribution in [2.24, 2.45) is 5.73 Å². The quantitative estimate of drug-likeness (QED) is 0.248. The molecule has 1 saturated carbocycles. The van der Waals surface area contributed by atoms with Gasteiger partial charge in [0.1, 0.15) is 29.4 Å². The van der Waals surface area contributed by atoms with E-state index in [0.29, 0.717) is 49.1 Å². The Hall–Kier alpha value is -3.60. The smallest absolute Gasteiger partial charge is 0.319 e. The van der Waals surface area contributed by atoms with Crippen LogP contribution in [0.15, 0.2) is 42.6 Å². The maximum absolute atomic E-state index is 16.5. The van der Waals surface area contributed by atoms with Crippen LogP contribution in [0, 0.1) is 5.82 Å². The lowest BCUT2D eigenvalue weighted by Crippen LogP contribution is -2.44. The second-order valence-corrected chi connectivity index (χ2v) is 12.3. The number of hydrogen-bond acceptors (Lipinski definition) is 9. The van der Waals surface area contributed by atoms with Gasteiger partial charge in [0.15, 0.2) is 5.82 Å². The summed E-state index contributed by atoms with van der Waals surface area (Å²) in [7, 11) is 0. The molecule has 5 N–H and O–H groups in total. The second kappa shape index (κ2) is 10.6. The first-order valence-electron chi connectivity index (χ1n) is 15.0. The molecule has 7 rings (SSSR count). The highest BCUT2D eigenvalue weighted by Gasteiger charge is 2.45. The molecule has 0 spiro atoms. The average molecular weight is 573 g/mol. The minimum absolute atomic E-state index is 0.00954. The molecule has 3 aliphatic rings. The maximum atomic E-state index is 16.5. The molecule has 0 unspecified atom stereocenters. The molecular weight excluding hydrogens is 535 g/mol. The van der Waals surface area contributed by atoms with E-state index < -0.39 is 11.4 Å². The summed E-state index contributed by atoms with van der Waals surface area (Å²) in [6.07, 6.45) is 8.59. The number of nitrogens with one attached hydrogen (secondary N) is 1. The molecule has 2 aromatic carbocycles. The van der Waals surface area contributed by atoms with E-state index in [1.54, 1.807) is 12.3 Å². The minimum Gasteiger partial charge on any atom is -0.508 e. The van der Waals surface area contributed by atoms with E-state index in [2.05, 4.69) is 20.2 Å². The molecule has 2 aliphatic heterocycles. The number of benzene rings is 2. The highest BCUT2D eigenvalue weighted by atomic mass is 19.1. The zero-order chi connectivity index (χ0) is 28.9. The lowest BCUT2D eigenvalue weighted by molar-refractivity contribution is 0.01000. The van der Waals surface area contributed by atoms with Crippen LogP contribution in [0.4, 0.5) is 10.2 Å². The van der Waals surface area contributed by atoms with E-state index in [-0.39, 0.29) is 41.1 Å². The fourth-order valence-electron chi connectivity index (χ4n) is 7.25. The predicted octanol–water partition coefficient (Wildman–Crippen LogP) is 4.74. The lowest BCUT2D eigenvalue weighted by atomic mass is 9.82. The van der Waals surface area contributed by atoms with E-state index in [1.165, 1.54) is 6.07 Å². The van der Waals surface area contributed by atoms with Gasteiger partial charge in [-0.05, 0) is 87.4 Å². The van der Waals surface area contributed by atoms with Gasteiger partial charge < -0.3 is 26.0 Å². The number of nitrogens with zero attached hydrogens (tertiary/aromatic N) is 4. The molecule has 1 aliphatic carbocycles. The van der Waals surface area contributed by atoms with Crippen LogP contribution >= 0.6 is 0 Å². The molecule has 2 aromatic heterocycles. The largest absolute Gasteiger partial charge is 0.508 e. The summed E-state index contributed by atoms with van der Waals surface area (Å²) in [5, 5.41) is 26.5. The van der Waals surface area contributed by atoms with Gasteiger partial charge in [0.2, 0.25) is 0 Å². The number of pyridine rings is 1. The number of phenolic OH excluding ortho intramolecular Hbond substituents is 1. The molecule has 0 atom stereocenters. The first-order chi connectivity index (χ1) is 20.4. The minimum atomic E-state index is -0.847. The third-order valence-corrected chi connectivity index (χ3v) is 9.68. The van der Waals surface area contributed by atoms with E-state index >= 15 is 4.39 Å². The number of aromatic hydroxyl groups is 1. The zero-order valence-corrected chi connectivity index (χ0v) is 23.7. The molecule has 9 nitrogen and oxygen atoms in total. The van der Waals surface area contributed by atoms with Gasteiger partial charge in [0.05, 0.1) is 16.5 Å². The van der Waals surface area contributed by atoms with Crippen molar-refractivity contribution >= 4 is 27.5 Å². The lowest BCUT2D eigenvalue weighted by Gasteiger charge is -2.35. The van der Waals surface area contributed by atoms with Gasteiger partial charge >= 0.3 is 6.01 Å². The molecule has 0 amide bonds. The predicted molar refractivity (Wildman–Crippen MR) is 160 cm³/mol. The molecular formula is C32H37FN6O3. The summed E-state index contributed by atoms with van der Waals surface area (Å²) in [6, 6.07) is 10.9. The zero-order valence-electron chi connectivity index (χ0n) is 23.7. The molecule has 10 heteroatoms. The molecule has 4 aromatic rings. The summed E-state index contributed by atoms with van der Waals surface area (Å²) in [5.41, 5.74) is 5.64. The van der Waals surface area contributed by atoms with E-state index in [9.17, 15) is 10.2 Å². The average Bonchev–Trinajstić information content (AvgIpc) is 3.58. The number of aliphatic hydroxyl groups is 1. The van der Waals surface area contributed by atoms with Crippen LogP contribution < -0.4 is 15.8 Å². The van der Waals surface area contributed by atoms with Crippen molar-refractivity contribution in [3.8, 4) is 23.0 Å². The number of aromatic nitrogens is 3. The van der Waals surface area contributed by atoms with E-state index in [1.807, 2.05) is 24.3 Å². The number of ether oxygens (including phenoxy) is 1. The molecule has 0 bridgehead atoms. The Morgan fingerprint density at radius 1 is 1.05 bits per heavy atom. The van der Waals surface area contributed by atoms with Crippen LogP contribution in [-0.2, 0) is 0 Å². The Bertz CT molecular complexity index is 1630. The Morgan fingerprint density at radius 2 is 1.81 bits per heavy atom.